The Morgan fingerprint density at radius 3 is 2.75 bits per heavy atom. The number of amides is 1. The van der Waals surface area contributed by atoms with Gasteiger partial charge in [0.1, 0.15) is 5.60 Å². The molecule has 4 rings (SSSR count). The molecule has 3 heterocycles. The van der Waals surface area contributed by atoms with E-state index >= 15 is 0 Å². The SMILES string of the molecule is CC(C)(C)OC(=O)N1CCC(C2CC3=C(CO2)c2ncccc2C(=O)C3)CC1. The maximum absolute atomic E-state index is 12.5. The van der Waals surface area contributed by atoms with Crippen LogP contribution in [0.3, 0.4) is 0 Å². The van der Waals surface area contributed by atoms with Crippen LogP contribution in [-0.4, -0.2) is 53.2 Å². The summed E-state index contributed by atoms with van der Waals surface area (Å²) >= 11 is 0. The highest BCUT2D eigenvalue weighted by molar-refractivity contribution is 6.05. The largest absolute Gasteiger partial charge is 0.444 e. The molecule has 0 spiro atoms. The molecular formula is C22H28N2O4. The minimum atomic E-state index is -0.471. The Morgan fingerprint density at radius 2 is 2.04 bits per heavy atom. The molecule has 1 amide bonds. The number of piperidine rings is 1. The monoisotopic (exact) mass is 384 g/mol. The number of hydrogen-bond donors (Lipinski definition) is 0. The molecular weight excluding hydrogens is 356 g/mol. The number of carbonyl (C=O) groups excluding carboxylic acids is 2. The fraction of sp³-hybridized carbons (Fsp3) is 0.591. The Morgan fingerprint density at radius 1 is 1.29 bits per heavy atom. The van der Waals surface area contributed by atoms with Crippen LogP contribution in [-0.2, 0) is 9.47 Å². The van der Waals surface area contributed by atoms with E-state index in [9.17, 15) is 9.59 Å². The minimum absolute atomic E-state index is 0.109. The lowest BCUT2D eigenvalue weighted by atomic mass is 9.80. The van der Waals surface area contributed by atoms with E-state index in [-0.39, 0.29) is 18.0 Å². The highest BCUT2D eigenvalue weighted by atomic mass is 16.6. The third-order valence-corrected chi connectivity index (χ3v) is 5.80. The van der Waals surface area contributed by atoms with Crippen molar-refractivity contribution in [1.82, 2.24) is 9.88 Å². The molecule has 1 aromatic rings. The average molecular weight is 384 g/mol. The lowest BCUT2D eigenvalue weighted by Crippen LogP contribution is -2.44. The standard InChI is InChI=1S/C22H28N2O4/c1-22(2,3)28-21(26)24-9-6-14(7-10-24)19-12-15-11-18(25)16-5-4-8-23-20(16)17(15)13-27-19/h4-5,8,14,19H,6-7,9-13H2,1-3H3. The molecule has 1 saturated heterocycles. The van der Waals surface area contributed by atoms with Crippen molar-refractivity contribution in [3.05, 3.63) is 35.2 Å². The van der Waals surface area contributed by atoms with E-state index in [1.807, 2.05) is 32.9 Å². The van der Waals surface area contributed by atoms with E-state index in [2.05, 4.69) is 4.98 Å². The van der Waals surface area contributed by atoms with E-state index in [0.717, 1.165) is 30.5 Å². The summed E-state index contributed by atoms with van der Waals surface area (Å²) in [6.07, 6.45) is 4.67. The predicted molar refractivity (Wildman–Crippen MR) is 105 cm³/mol. The number of ether oxygens (including phenoxy) is 2. The highest BCUT2D eigenvalue weighted by Crippen LogP contribution is 2.39. The van der Waals surface area contributed by atoms with Crippen molar-refractivity contribution in [3.63, 3.8) is 0 Å². The van der Waals surface area contributed by atoms with E-state index in [1.165, 1.54) is 5.57 Å². The number of fused-ring (bicyclic) bond motifs is 2. The van der Waals surface area contributed by atoms with E-state index in [0.29, 0.717) is 37.6 Å². The molecule has 0 saturated carbocycles. The second-order valence-electron chi connectivity index (χ2n) is 8.94. The van der Waals surface area contributed by atoms with Gasteiger partial charge < -0.3 is 14.4 Å². The summed E-state index contributed by atoms with van der Waals surface area (Å²) in [6, 6.07) is 3.67. The smallest absolute Gasteiger partial charge is 0.410 e. The van der Waals surface area contributed by atoms with Gasteiger partial charge in [-0.1, -0.05) is 5.57 Å². The number of carbonyl (C=O) groups is 2. The lowest BCUT2D eigenvalue weighted by molar-refractivity contribution is -0.0125. The van der Waals surface area contributed by atoms with E-state index in [1.54, 1.807) is 11.1 Å². The highest BCUT2D eigenvalue weighted by Gasteiger charge is 2.36. The van der Waals surface area contributed by atoms with Crippen molar-refractivity contribution in [3.8, 4) is 0 Å². The number of likely N-dealkylation sites (tertiary alicyclic amines) is 1. The molecule has 1 aromatic heterocycles. The van der Waals surface area contributed by atoms with Gasteiger partial charge in [0.05, 0.1) is 18.4 Å². The Hall–Kier alpha value is -2.21. The number of aromatic nitrogens is 1. The summed E-state index contributed by atoms with van der Waals surface area (Å²) in [5, 5.41) is 0. The first kappa shape index (κ1) is 19.1. The maximum atomic E-state index is 12.5. The quantitative estimate of drug-likeness (QED) is 0.735. The normalized spacial score (nSPS) is 23.3. The zero-order valence-electron chi connectivity index (χ0n) is 16.9. The molecule has 0 N–H and O–H groups in total. The molecule has 1 fully saturated rings. The fourth-order valence-corrected chi connectivity index (χ4v) is 4.37. The van der Waals surface area contributed by atoms with Crippen molar-refractivity contribution >= 4 is 17.4 Å². The van der Waals surface area contributed by atoms with Crippen molar-refractivity contribution < 1.29 is 19.1 Å². The van der Waals surface area contributed by atoms with Crippen molar-refractivity contribution in [2.75, 3.05) is 19.7 Å². The molecule has 1 atom stereocenters. The van der Waals surface area contributed by atoms with Crippen LogP contribution in [0.25, 0.3) is 5.57 Å². The summed E-state index contributed by atoms with van der Waals surface area (Å²) in [5.74, 6) is 0.551. The van der Waals surface area contributed by atoms with Gasteiger partial charge in [-0.2, -0.15) is 0 Å². The van der Waals surface area contributed by atoms with Gasteiger partial charge in [0.2, 0.25) is 0 Å². The van der Waals surface area contributed by atoms with Crippen LogP contribution in [0.5, 0.6) is 0 Å². The summed E-state index contributed by atoms with van der Waals surface area (Å²) in [6.45, 7) is 7.55. The number of ketones is 1. The van der Waals surface area contributed by atoms with Crippen LogP contribution >= 0.6 is 0 Å². The third kappa shape index (κ3) is 3.83. The molecule has 6 heteroatoms. The molecule has 6 nitrogen and oxygen atoms in total. The molecule has 28 heavy (non-hydrogen) atoms. The summed E-state index contributed by atoms with van der Waals surface area (Å²) in [7, 11) is 0. The topological polar surface area (TPSA) is 68.7 Å². The number of Topliss-reactive ketones (excluding diaryl/α,β-unsaturated/α-hetero) is 1. The summed E-state index contributed by atoms with van der Waals surface area (Å²) in [4.78, 5) is 31.0. The molecule has 0 aromatic carbocycles. The first-order chi connectivity index (χ1) is 13.3. The molecule has 1 unspecified atom stereocenters. The van der Waals surface area contributed by atoms with Gasteiger partial charge in [0.25, 0.3) is 0 Å². The Bertz CT molecular complexity index is 816. The van der Waals surface area contributed by atoms with Crippen LogP contribution in [0.1, 0.15) is 62.5 Å². The number of pyridine rings is 1. The van der Waals surface area contributed by atoms with Crippen LogP contribution in [0.15, 0.2) is 23.9 Å². The van der Waals surface area contributed by atoms with Crippen LogP contribution in [0.4, 0.5) is 4.79 Å². The first-order valence-corrected chi connectivity index (χ1v) is 10.1. The van der Waals surface area contributed by atoms with Gasteiger partial charge in [0.15, 0.2) is 5.78 Å². The second kappa shape index (κ2) is 7.32. The Kier molecular flexibility index (Phi) is 5.00. The van der Waals surface area contributed by atoms with Gasteiger partial charge in [-0.25, -0.2) is 4.79 Å². The minimum Gasteiger partial charge on any atom is -0.444 e. The zero-order chi connectivity index (χ0) is 19.9. The molecule has 0 radical (unpaired) electrons. The Labute approximate surface area is 165 Å². The van der Waals surface area contributed by atoms with Crippen LogP contribution in [0.2, 0.25) is 0 Å². The lowest BCUT2D eigenvalue weighted by Gasteiger charge is -2.39. The van der Waals surface area contributed by atoms with Gasteiger partial charge in [-0.3, -0.25) is 9.78 Å². The fourth-order valence-electron chi connectivity index (χ4n) is 4.37. The van der Waals surface area contributed by atoms with Gasteiger partial charge in [0, 0.05) is 36.8 Å². The predicted octanol–water partition coefficient (Wildman–Crippen LogP) is 3.86. The second-order valence-corrected chi connectivity index (χ2v) is 8.94. The molecule has 1 aliphatic carbocycles. The molecule has 0 bridgehead atoms. The van der Waals surface area contributed by atoms with Crippen LogP contribution in [0, 0.1) is 5.92 Å². The summed E-state index contributed by atoms with van der Waals surface area (Å²) in [5.41, 5.74) is 3.32. The number of rotatable bonds is 1. The van der Waals surface area contributed by atoms with Crippen molar-refractivity contribution in [1.29, 1.82) is 0 Å². The van der Waals surface area contributed by atoms with Gasteiger partial charge in [-0.15, -0.1) is 0 Å². The molecule has 150 valence electrons. The summed E-state index contributed by atoms with van der Waals surface area (Å²) < 4.78 is 11.7. The van der Waals surface area contributed by atoms with E-state index < -0.39 is 5.60 Å². The number of hydrogen-bond acceptors (Lipinski definition) is 5. The van der Waals surface area contributed by atoms with Crippen molar-refractivity contribution in [2.45, 2.75) is 58.2 Å². The zero-order valence-corrected chi connectivity index (χ0v) is 16.9. The van der Waals surface area contributed by atoms with Crippen molar-refractivity contribution in [2.24, 2.45) is 5.92 Å². The van der Waals surface area contributed by atoms with Gasteiger partial charge >= 0.3 is 6.09 Å². The first-order valence-electron chi connectivity index (χ1n) is 10.1. The average Bonchev–Trinajstić information content (AvgIpc) is 2.67. The molecule has 2 aliphatic heterocycles. The van der Waals surface area contributed by atoms with Crippen LogP contribution < -0.4 is 0 Å². The molecule has 3 aliphatic rings. The van der Waals surface area contributed by atoms with E-state index in [4.69, 9.17) is 9.47 Å². The third-order valence-electron chi connectivity index (χ3n) is 5.80. The number of nitrogens with zero attached hydrogens (tertiary/aromatic N) is 2. The maximum Gasteiger partial charge on any atom is 0.410 e. The van der Waals surface area contributed by atoms with Gasteiger partial charge in [-0.05, 0) is 58.1 Å². The Balaban J connectivity index is 1.39.